The van der Waals surface area contributed by atoms with Gasteiger partial charge in [-0.2, -0.15) is 0 Å². The molecule has 0 unspecified atom stereocenters. The second-order valence-electron chi connectivity index (χ2n) is 7.16. The molecule has 2 heterocycles. The van der Waals surface area contributed by atoms with Crippen LogP contribution < -0.4 is 15.5 Å². The molecule has 3 rings (SSSR count). The molecule has 28 heavy (non-hydrogen) atoms. The predicted octanol–water partition coefficient (Wildman–Crippen LogP) is 2.32. The molecule has 1 aromatic heterocycles. The van der Waals surface area contributed by atoms with Crippen LogP contribution in [0.5, 0.6) is 0 Å². The summed E-state index contributed by atoms with van der Waals surface area (Å²) >= 11 is 1.61. The second kappa shape index (κ2) is 9.54. The Bertz CT molecular complexity index is 758. The summed E-state index contributed by atoms with van der Waals surface area (Å²) in [5, 5.41) is 8.64. The van der Waals surface area contributed by atoms with Gasteiger partial charge in [0, 0.05) is 44.3 Å². The van der Waals surface area contributed by atoms with Crippen LogP contribution in [-0.2, 0) is 11.3 Å². The van der Waals surface area contributed by atoms with E-state index >= 15 is 0 Å². The van der Waals surface area contributed by atoms with E-state index in [4.69, 9.17) is 0 Å². The first-order chi connectivity index (χ1) is 13.5. The fourth-order valence-corrected chi connectivity index (χ4v) is 3.87. The van der Waals surface area contributed by atoms with Gasteiger partial charge in [0.25, 0.3) is 0 Å². The van der Waals surface area contributed by atoms with Crippen molar-refractivity contribution in [2.24, 2.45) is 5.92 Å². The van der Waals surface area contributed by atoms with Gasteiger partial charge in [0.05, 0.1) is 0 Å². The topological polar surface area (TPSA) is 77.6 Å². The summed E-state index contributed by atoms with van der Waals surface area (Å²) in [5.74, 6) is -0.0179. The molecule has 2 N–H and O–H groups in total. The van der Waals surface area contributed by atoms with Gasteiger partial charge in [0.2, 0.25) is 5.91 Å². The first-order valence-corrected chi connectivity index (χ1v) is 10.4. The van der Waals surface area contributed by atoms with Gasteiger partial charge in [0.1, 0.15) is 6.04 Å². The van der Waals surface area contributed by atoms with E-state index in [0.29, 0.717) is 19.6 Å². The highest BCUT2D eigenvalue weighted by molar-refractivity contribution is 7.13. The van der Waals surface area contributed by atoms with E-state index in [1.807, 2.05) is 54.5 Å². The predicted molar refractivity (Wildman–Crippen MR) is 111 cm³/mol. The summed E-state index contributed by atoms with van der Waals surface area (Å²) in [5.41, 5.74) is 1.02. The highest BCUT2D eigenvalue weighted by atomic mass is 32.1. The monoisotopic (exact) mass is 401 g/mol. The van der Waals surface area contributed by atoms with Crippen molar-refractivity contribution < 1.29 is 9.59 Å². The van der Waals surface area contributed by atoms with E-state index in [2.05, 4.69) is 20.5 Å². The van der Waals surface area contributed by atoms with Crippen LogP contribution in [0.25, 0.3) is 0 Å². The summed E-state index contributed by atoms with van der Waals surface area (Å²) < 4.78 is 0. The highest BCUT2D eigenvalue weighted by Crippen LogP contribution is 2.19. The number of amides is 3. The Morgan fingerprint density at radius 1 is 1.14 bits per heavy atom. The maximum Gasteiger partial charge on any atom is 0.315 e. The largest absolute Gasteiger partial charge is 0.345 e. The maximum absolute atomic E-state index is 13.0. The number of anilines is 1. The van der Waals surface area contributed by atoms with Crippen LogP contribution in [0.15, 0.2) is 41.9 Å². The van der Waals surface area contributed by atoms with Gasteiger partial charge in [0.15, 0.2) is 5.13 Å². The zero-order valence-corrected chi connectivity index (χ0v) is 17.1. The molecule has 1 aromatic carbocycles. The van der Waals surface area contributed by atoms with Crippen molar-refractivity contribution in [3.63, 3.8) is 0 Å². The lowest BCUT2D eigenvalue weighted by Crippen LogP contribution is -2.57. The number of carbonyl (C=O) groups excluding carboxylic acids is 2. The summed E-state index contributed by atoms with van der Waals surface area (Å²) in [6.45, 7) is 7.11. The molecule has 1 fully saturated rings. The summed E-state index contributed by atoms with van der Waals surface area (Å²) in [6, 6.07) is 8.84. The molecule has 0 saturated carbocycles. The van der Waals surface area contributed by atoms with Crippen molar-refractivity contribution in [2.75, 3.05) is 31.1 Å². The zero-order chi connectivity index (χ0) is 19.9. The first kappa shape index (κ1) is 20.1. The molecule has 8 heteroatoms. The van der Waals surface area contributed by atoms with Crippen molar-refractivity contribution in [1.82, 2.24) is 20.5 Å². The Morgan fingerprint density at radius 3 is 2.46 bits per heavy atom. The number of piperazine rings is 1. The molecule has 1 aliphatic rings. The van der Waals surface area contributed by atoms with Crippen molar-refractivity contribution in [1.29, 1.82) is 0 Å². The summed E-state index contributed by atoms with van der Waals surface area (Å²) in [7, 11) is 0. The average molecular weight is 402 g/mol. The van der Waals surface area contributed by atoms with E-state index < -0.39 is 6.04 Å². The van der Waals surface area contributed by atoms with E-state index in [1.54, 1.807) is 17.5 Å². The molecule has 150 valence electrons. The minimum atomic E-state index is -0.540. The van der Waals surface area contributed by atoms with Crippen LogP contribution in [0.2, 0.25) is 0 Å². The quantitative estimate of drug-likeness (QED) is 0.779. The van der Waals surface area contributed by atoms with Gasteiger partial charge in [-0.05, 0) is 11.5 Å². The number of carbonyl (C=O) groups is 2. The number of benzene rings is 1. The standard InChI is InChI=1S/C20H27N5O2S/c1-15(2)17(23-19(27)22-14-16-6-4-3-5-7-16)18(26)24-9-11-25(12-10-24)20-21-8-13-28-20/h3-8,13,15,17H,9-12,14H2,1-2H3,(H2,22,23,27)/t17-/m0/s1. The number of urea groups is 1. The molecule has 0 spiro atoms. The van der Waals surface area contributed by atoms with E-state index in [1.165, 1.54) is 0 Å². The minimum absolute atomic E-state index is 0.00645. The lowest BCUT2D eigenvalue weighted by molar-refractivity contribution is -0.134. The third kappa shape index (κ3) is 5.22. The minimum Gasteiger partial charge on any atom is -0.345 e. The summed E-state index contributed by atoms with van der Waals surface area (Å²) in [6.07, 6.45) is 1.80. The lowest BCUT2D eigenvalue weighted by atomic mass is 10.0. The number of aromatic nitrogens is 1. The first-order valence-electron chi connectivity index (χ1n) is 9.56. The molecule has 1 aliphatic heterocycles. The number of thiazole rings is 1. The number of nitrogens with one attached hydrogen (secondary N) is 2. The molecule has 7 nitrogen and oxygen atoms in total. The van der Waals surface area contributed by atoms with Crippen molar-refractivity contribution in [2.45, 2.75) is 26.4 Å². The van der Waals surface area contributed by atoms with Crippen LogP contribution in [-0.4, -0.2) is 54.0 Å². The Labute approximate surface area is 169 Å². The number of nitrogens with zero attached hydrogens (tertiary/aromatic N) is 3. The molecule has 0 aliphatic carbocycles. The molecular weight excluding hydrogens is 374 g/mol. The fraction of sp³-hybridized carbons (Fsp3) is 0.450. The summed E-state index contributed by atoms with van der Waals surface area (Å²) in [4.78, 5) is 33.7. The molecular formula is C20H27N5O2S. The van der Waals surface area contributed by atoms with Gasteiger partial charge in [-0.15, -0.1) is 11.3 Å². The molecule has 3 amide bonds. The number of rotatable bonds is 6. The van der Waals surface area contributed by atoms with E-state index in [0.717, 1.165) is 23.8 Å². The molecule has 0 radical (unpaired) electrons. The van der Waals surface area contributed by atoms with Gasteiger partial charge in [-0.25, -0.2) is 9.78 Å². The molecule has 0 bridgehead atoms. The smallest absolute Gasteiger partial charge is 0.315 e. The molecule has 2 aromatic rings. The van der Waals surface area contributed by atoms with Crippen LogP contribution in [0, 0.1) is 5.92 Å². The van der Waals surface area contributed by atoms with Gasteiger partial charge < -0.3 is 20.4 Å². The lowest BCUT2D eigenvalue weighted by Gasteiger charge is -2.37. The third-order valence-electron chi connectivity index (χ3n) is 4.80. The second-order valence-corrected chi connectivity index (χ2v) is 8.03. The van der Waals surface area contributed by atoms with Crippen molar-refractivity contribution in [3.05, 3.63) is 47.5 Å². The average Bonchev–Trinajstić information content (AvgIpc) is 3.25. The third-order valence-corrected chi connectivity index (χ3v) is 5.63. The van der Waals surface area contributed by atoms with Crippen LogP contribution in [0.4, 0.5) is 9.93 Å². The van der Waals surface area contributed by atoms with Crippen LogP contribution >= 0.6 is 11.3 Å². The normalized spacial score (nSPS) is 15.4. The van der Waals surface area contributed by atoms with E-state index in [-0.39, 0.29) is 17.9 Å². The Kier molecular flexibility index (Phi) is 6.86. The Balaban J connectivity index is 1.51. The molecule has 1 saturated heterocycles. The zero-order valence-electron chi connectivity index (χ0n) is 16.3. The van der Waals surface area contributed by atoms with Gasteiger partial charge in [-0.1, -0.05) is 44.2 Å². The maximum atomic E-state index is 13.0. The highest BCUT2D eigenvalue weighted by Gasteiger charge is 2.31. The SMILES string of the molecule is CC(C)[C@H](NC(=O)NCc1ccccc1)C(=O)N1CCN(c2nccs2)CC1. The number of hydrogen-bond acceptors (Lipinski definition) is 5. The number of hydrogen-bond donors (Lipinski definition) is 2. The Hall–Kier alpha value is -2.61. The Morgan fingerprint density at radius 2 is 1.86 bits per heavy atom. The van der Waals surface area contributed by atoms with Crippen molar-refractivity contribution in [3.8, 4) is 0 Å². The van der Waals surface area contributed by atoms with Gasteiger partial charge >= 0.3 is 6.03 Å². The molecule has 1 atom stereocenters. The van der Waals surface area contributed by atoms with Crippen LogP contribution in [0.1, 0.15) is 19.4 Å². The van der Waals surface area contributed by atoms with Crippen LogP contribution in [0.3, 0.4) is 0 Å². The van der Waals surface area contributed by atoms with Gasteiger partial charge in [-0.3, -0.25) is 4.79 Å². The van der Waals surface area contributed by atoms with E-state index in [9.17, 15) is 9.59 Å². The fourth-order valence-electron chi connectivity index (χ4n) is 3.17. The van der Waals surface area contributed by atoms with Crippen molar-refractivity contribution >= 4 is 28.4 Å².